The van der Waals surface area contributed by atoms with Crippen LogP contribution >= 0.6 is 11.6 Å². The zero-order chi connectivity index (χ0) is 31.6. The SMILES string of the molecule is CCCCCCN(C(=O)C(CC(N)=O)NC(=O)OC(C)(C)C)C(C(=O)Nc1c(C)cccc1Cl)c1cc(C)cc(C)c1. The zero-order valence-electron chi connectivity index (χ0n) is 25.8. The fraction of sp³-hybridized carbons (Fsp3) is 0.500. The van der Waals surface area contributed by atoms with Gasteiger partial charge in [-0.15, -0.1) is 0 Å². The number of carbonyl (C=O) groups is 4. The molecule has 42 heavy (non-hydrogen) atoms. The van der Waals surface area contributed by atoms with E-state index in [1.807, 2.05) is 45.0 Å². The monoisotopic (exact) mass is 600 g/mol. The molecule has 2 unspecified atom stereocenters. The molecule has 0 spiro atoms. The second-order valence-corrected chi connectivity index (χ2v) is 12.1. The van der Waals surface area contributed by atoms with E-state index in [1.54, 1.807) is 32.9 Å². The zero-order valence-corrected chi connectivity index (χ0v) is 26.6. The van der Waals surface area contributed by atoms with Gasteiger partial charge in [-0.05, 0) is 65.2 Å². The molecule has 0 aliphatic rings. The number of hydrogen-bond donors (Lipinski definition) is 3. The lowest BCUT2D eigenvalue weighted by Crippen LogP contribution is -2.53. The summed E-state index contributed by atoms with van der Waals surface area (Å²) in [5, 5.41) is 5.82. The Morgan fingerprint density at radius 1 is 1.00 bits per heavy atom. The number of amides is 4. The van der Waals surface area contributed by atoms with Crippen LogP contribution in [0, 0.1) is 20.8 Å². The Hall–Kier alpha value is -3.59. The van der Waals surface area contributed by atoms with E-state index in [2.05, 4.69) is 17.6 Å². The highest BCUT2D eigenvalue weighted by molar-refractivity contribution is 6.34. The molecule has 0 radical (unpaired) electrons. The van der Waals surface area contributed by atoms with Gasteiger partial charge < -0.3 is 26.0 Å². The summed E-state index contributed by atoms with van der Waals surface area (Å²) < 4.78 is 5.36. The normalized spacial score (nSPS) is 12.7. The third-order valence-electron chi connectivity index (χ3n) is 6.52. The van der Waals surface area contributed by atoms with Crippen molar-refractivity contribution < 1.29 is 23.9 Å². The molecular weight excluding hydrogens is 556 g/mol. The van der Waals surface area contributed by atoms with Gasteiger partial charge in [0.05, 0.1) is 17.1 Å². The molecule has 2 rings (SSSR count). The van der Waals surface area contributed by atoms with E-state index in [4.69, 9.17) is 22.1 Å². The molecule has 4 amide bonds. The maximum absolute atomic E-state index is 14.3. The van der Waals surface area contributed by atoms with Crippen LogP contribution in [-0.2, 0) is 19.1 Å². The van der Waals surface area contributed by atoms with Crippen molar-refractivity contribution in [2.75, 3.05) is 11.9 Å². The Morgan fingerprint density at radius 2 is 1.64 bits per heavy atom. The number of benzene rings is 2. The van der Waals surface area contributed by atoms with E-state index in [-0.39, 0.29) is 6.54 Å². The van der Waals surface area contributed by atoms with Crippen LogP contribution in [0.3, 0.4) is 0 Å². The van der Waals surface area contributed by atoms with Gasteiger partial charge in [-0.3, -0.25) is 14.4 Å². The summed E-state index contributed by atoms with van der Waals surface area (Å²) in [6.07, 6.45) is 2.02. The number of nitrogens with two attached hydrogens (primary N) is 1. The third kappa shape index (κ3) is 10.7. The topological polar surface area (TPSA) is 131 Å². The first-order valence-corrected chi connectivity index (χ1v) is 14.7. The molecule has 0 aromatic heterocycles. The minimum absolute atomic E-state index is 0.205. The number of alkyl carbamates (subject to hydrolysis) is 1. The van der Waals surface area contributed by atoms with Crippen LogP contribution in [0.5, 0.6) is 0 Å². The standard InChI is InChI=1S/C32H45ClN4O5/c1-8-9-10-11-15-37(30(40)25(19-26(34)38)35-31(41)42-32(5,6)7)28(23-17-20(2)16-21(3)18-23)29(39)36-27-22(4)13-12-14-24(27)33/h12-14,16-18,25,28H,8-11,15,19H2,1-7H3,(H2,34,38)(H,35,41)(H,36,39). The average Bonchev–Trinajstić information content (AvgIpc) is 2.85. The van der Waals surface area contributed by atoms with Gasteiger partial charge in [0.1, 0.15) is 17.7 Å². The van der Waals surface area contributed by atoms with Crippen molar-refractivity contribution in [1.82, 2.24) is 10.2 Å². The minimum Gasteiger partial charge on any atom is -0.444 e. The maximum Gasteiger partial charge on any atom is 0.408 e. The lowest BCUT2D eigenvalue weighted by Gasteiger charge is -2.35. The number of hydrogen-bond acceptors (Lipinski definition) is 5. The van der Waals surface area contributed by atoms with Crippen LogP contribution in [0.4, 0.5) is 10.5 Å². The number of ether oxygens (including phenoxy) is 1. The Balaban J connectivity index is 2.64. The molecule has 2 aromatic rings. The molecule has 2 aromatic carbocycles. The lowest BCUT2D eigenvalue weighted by atomic mass is 9.97. The fourth-order valence-electron chi connectivity index (χ4n) is 4.75. The molecule has 0 saturated heterocycles. The molecule has 0 aliphatic carbocycles. The van der Waals surface area contributed by atoms with Crippen molar-refractivity contribution in [2.45, 2.75) is 98.3 Å². The number of primary amides is 1. The summed E-state index contributed by atoms with van der Waals surface area (Å²) in [5.74, 6) is -1.88. The summed E-state index contributed by atoms with van der Waals surface area (Å²) in [5.41, 5.74) is 8.28. The number of unbranched alkanes of at least 4 members (excludes halogenated alkanes) is 3. The van der Waals surface area contributed by atoms with Gasteiger partial charge in [0.25, 0.3) is 5.91 Å². The molecule has 10 heteroatoms. The summed E-state index contributed by atoms with van der Waals surface area (Å²) >= 11 is 6.44. The van der Waals surface area contributed by atoms with Crippen molar-refractivity contribution in [1.29, 1.82) is 0 Å². The smallest absolute Gasteiger partial charge is 0.408 e. The molecule has 0 fully saturated rings. The molecule has 230 valence electrons. The fourth-order valence-corrected chi connectivity index (χ4v) is 5.02. The molecule has 4 N–H and O–H groups in total. The van der Waals surface area contributed by atoms with Crippen LogP contribution in [0.25, 0.3) is 0 Å². The van der Waals surface area contributed by atoms with Crippen molar-refractivity contribution in [3.05, 3.63) is 63.7 Å². The molecule has 2 atom stereocenters. The first-order valence-electron chi connectivity index (χ1n) is 14.4. The predicted octanol–water partition coefficient (Wildman–Crippen LogP) is 6.12. The molecule has 0 aliphatic heterocycles. The van der Waals surface area contributed by atoms with E-state index in [0.29, 0.717) is 22.7 Å². The molecule has 0 bridgehead atoms. The number of nitrogens with zero attached hydrogens (tertiary/aromatic N) is 1. The van der Waals surface area contributed by atoms with E-state index in [1.165, 1.54) is 4.90 Å². The van der Waals surface area contributed by atoms with Gasteiger partial charge in [0, 0.05) is 6.54 Å². The highest BCUT2D eigenvalue weighted by atomic mass is 35.5. The maximum atomic E-state index is 14.3. The van der Waals surface area contributed by atoms with Crippen LogP contribution in [0.1, 0.15) is 88.1 Å². The van der Waals surface area contributed by atoms with E-state index in [0.717, 1.165) is 36.0 Å². The van der Waals surface area contributed by atoms with Crippen LogP contribution in [0.15, 0.2) is 36.4 Å². The second-order valence-electron chi connectivity index (χ2n) is 11.7. The number of para-hydroxylation sites is 1. The number of rotatable bonds is 13. The molecule has 0 heterocycles. The number of nitrogens with one attached hydrogen (secondary N) is 2. The first kappa shape index (κ1) is 34.6. The van der Waals surface area contributed by atoms with Gasteiger partial charge in [-0.1, -0.05) is 79.2 Å². The number of anilines is 1. The van der Waals surface area contributed by atoms with Crippen molar-refractivity contribution in [3.8, 4) is 0 Å². The van der Waals surface area contributed by atoms with Crippen molar-refractivity contribution in [3.63, 3.8) is 0 Å². The average molecular weight is 601 g/mol. The van der Waals surface area contributed by atoms with Gasteiger partial charge in [-0.2, -0.15) is 0 Å². The molecule has 0 saturated carbocycles. The number of halogens is 1. The summed E-state index contributed by atoms with van der Waals surface area (Å²) in [6.45, 7) is 13.0. The Labute approximate surface area is 254 Å². The first-order chi connectivity index (χ1) is 19.6. The third-order valence-corrected chi connectivity index (χ3v) is 6.83. The number of aryl methyl sites for hydroxylation is 3. The van der Waals surface area contributed by atoms with E-state index in [9.17, 15) is 19.2 Å². The minimum atomic E-state index is -1.34. The number of carbonyl (C=O) groups excluding carboxylic acids is 4. The van der Waals surface area contributed by atoms with Gasteiger partial charge in [0.2, 0.25) is 11.8 Å². The van der Waals surface area contributed by atoms with Gasteiger partial charge in [0.15, 0.2) is 0 Å². The predicted molar refractivity (Wildman–Crippen MR) is 166 cm³/mol. The Kier molecular flexibility index (Phi) is 12.8. The highest BCUT2D eigenvalue weighted by Gasteiger charge is 2.37. The Bertz CT molecular complexity index is 1230. The lowest BCUT2D eigenvalue weighted by molar-refractivity contribution is -0.142. The van der Waals surface area contributed by atoms with Crippen LogP contribution < -0.4 is 16.4 Å². The Morgan fingerprint density at radius 3 is 2.19 bits per heavy atom. The van der Waals surface area contributed by atoms with E-state index >= 15 is 0 Å². The van der Waals surface area contributed by atoms with Crippen molar-refractivity contribution in [2.24, 2.45) is 5.73 Å². The van der Waals surface area contributed by atoms with Crippen LogP contribution in [-0.4, -0.2) is 46.9 Å². The van der Waals surface area contributed by atoms with Gasteiger partial charge >= 0.3 is 6.09 Å². The largest absolute Gasteiger partial charge is 0.444 e. The second kappa shape index (κ2) is 15.6. The van der Waals surface area contributed by atoms with Gasteiger partial charge in [-0.25, -0.2) is 4.79 Å². The molecule has 9 nitrogen and oxygen atoms in total. The van der Waals surface area contributed by atoms with Crippen LogP contribution in [0.2, 0.25) is 5.02 Å². The summed E-state index contributed by atoms with van der Waals surface area (Å²) in [4.78, 5) is 54.6. The van der Waals surface area contributed by atoms with E-state index < -0.39 is 47.9 Å². The quantitative estimate of drug-likeness (QED) is 0.238. The summed E-state index contributed by atoms with van der Waals surface area (Å²) in [7, 11) is 0. The summed E-state index contributed by atoms with van der Waals surface area (Å²) in [6, 6.07) is 8.54. The van der Waals surface area contributed by atoms with Crippen molar-refractivity contribution >= 4 is 41.1 Å². The molecular formula is C32H45ClN4O5. The highest BCUT2D eigenvalue weighted by Crippen LogP contribution is 2.30.